The van der Waals surface area contributed by atoms with Crippen molar-refractivity contribution in [3.63, 3.8) is 0 Å². The first-order valence-electron chi connectivity index (χ1n) is 7.47. The summed E-state index contributed by atoms with van der Waals surface area (Å²) in [5, 5.41) is 0. The molecule has 110 valence electrons. The summed E-state index contributed by atoms with van der Waals surface area (Å²) in [7, 11) is -3.32. The predicted molar refractivity (Wildman–Crippen MR) is 79.0 cm³/mol. The largest absolute Gasteiger partial charge is 0.299 e. The normalized spacial score (nSPS) is 25.9. The molecule has 0 saturated carbocycles. The van der Waals surface area contributed by atoms with Crippen molar-refractivity contribution in [2.24, 2.45) is 0 Å². The quantitative estimate of drug-likeness (QED) is 0.855. The maximum Gasteiger partial charge on any atom is 0.243 e. The van der Waals surface area contributed by atoms with Gasteiger partial charge in [0.25, 0.3) is 0 Å². The summed E-state index contributed by atoms with van der Waals surface area (Å²) in [5.74, 6) is 0. The van der Waals surface area contributed by atoms with E-state index in [1.165, 1.54) is 12.8 Å². The van der Waals surface area contributed by atoms with E-state index in [2.05, 4.69) is 4.90 Å². The molecule has 3 rings (SSSR count). The van der Waals surface area contributed by atoms with Gasteiger partial charge in [-0.15, -0.1) is 0 Å². The van der Waals surface area contributed by atoms with Gasteiger partial charge in [0, 0.05) is 19.1 Å². The number of benzene rings is 1. The van der Waals surface area contributed by atoms with E-state index in [1.54, 1.807) is 28.6 Å². The first-order chi connectivity index (χ1) is 9.68. The lowest BCUT2D eigenvalue weighted by Gasteiger charge is -2.36. The molecule has 0 N–H and O–H groups in total. The summed E-state index contributed by atoms with van der Waals surface area (Å²) in [6, 6.07) is 9.21. The Bertz CT molecular complexity index is 538. The molecule has 2 aliphatic rings. The molecule has 5 heteroatoms. The number of hydrogen-bond donors (Lipinski definition) is 0. The molecular formula is C15H22N2O2S. The minimum atomic E-state index is -3.32. The molecule has 4 nitrogen and oxygen atoms in total. The topological polar surface area (TPSA) is 40.6 Å². The fourth-order valence-corrected chi connectivity index (χ4v) is 4.82. The van der Waals surface area contributed by atoms with Crippen LogP contribution in [0.4, 0.5) is 0 Å². The summed E-state index contributed by atoms with van der Waals surface area (Å²) in [4.78, 5) is 2.88. The second kappa shape index (κ2) is 5.84. The van der Waals surface area contributed by atoms with Crippen molar-refractivity contribution in [3.8, 4) is 0 Å². The first-order valence-corrected chi connectivity index (χ1v) is 8.91. The molecule has 1 aromatic carbocycles. The van der Waals surface area contributed by atoms with Gasteiger partial charge in [-0.3, -0.25) is 4.90 Å². The van der Waals surface area contributed by atoms with E-state index in [1.807, 2.05) is 6.07 Å². The highest BCUT2D eigenvalue weighted by Gasteiger charge is 2.33. The molecule has 1 aromatic rings. The van der Waals surface area contributed by atoms with Gasteiger partial charge in [-0.2, -0.15) is 4.31 Å². The zero-order valence-electron chi connectivity index (χ0n) is 11.7. The van der Waals surface area contributed by atoms with Crippen LogP contribution in [0.2, 0.25) is 0 Å². The monoisotopic (exact) mass is 294 g/mol. The van der Waals surface area contributed by atoms with Gasteiger partial charge in [0.05, 0.1) is 4.90 Å². The van der Waals surface area contributed by atoms with Gasteiger partial charge in [0.15, 0.2) is 0 Å². The van der Waals surface area contributed by atoms with Gasteiger partial charge in [-0.25, -0.2) is 8.42 Å². The van der Waals surface area contributed by atoms with E-state index in [4.69, 9.17) is 0 Å². The number of rotatable bonds is 3. The van der Waals surface area contributed by atoms with Crippen molar-refractivity contribution in [1.82, 2.24) is 9.21 Å². The lowest BCUT2D eigenvalue weighted by atomic mass is 10.1. The summed E-state index contributed by atoms with van der Waals surface area (Å²) < 4.78 is 27.0. The molecule has 0 bridgehead atoms. The Hall–Kier alpha value is -0.910. The van der Waals surface area contributed by atoms with Gasteiger partial charge in [0.1, 0.15) is 0 Å². The van der Waals surface area contributed by atoms with Crippen molar-refractivity contribution in [2.75, 3.05) is 26.2 Å². The molecule has 20 heavy (non-hydrogen) atoms. The zero-order valence-corrected chi connectivity index (χ0v) is 12.6. The van der Waals surface area contributed by atoms with Crippen molar-refractivity contribution < 1.29 is 8.42 Å². The molecule has 1 atom stereocenters. The van der Waals surface area contributed by atoms with Crippen LogP contribution in [-0.2, 0) is 10.0 Å². The lowest BCUT2D eigenvalue weighted by Crippen LogP contribution is -2.48. The molecule has 2 aliphatic heterocycles. The molecule has 0 spiro atoms. The van der Waals surface area contributed by atoms with Crippen LogP contribution in [0.1, 0.15) is 25.7 Å². The summed E-state index contributed by atoms with van der Waals surface area (Å²) in [6.45, 7) is 3.56. The molecule has 0 aliphatic carbocycles. The fraction of sp³-hybridized carbons (Fsp3) is 0.600. The van der Waals surface area contributed by atoms with Crippen molar-refractivity contribution in [2.45, 2.75) is 36.6 Å². The van der Waals surface area contributed by atoms with E-state index in [0.717, 1.165) is 25.9 Å². The summed E-state index contributed by atoms with van der Waals surface area (Å²) >= 11 is 0. The Morgan fingerprint density at radius 3 is 2.35 bits per heavy atom. The van der Waals surface area contributed by atoms with Crippen LogP contribution in [0.5, 0.6) is 0 Å². The molecule has 0 radical (unpaired) electrons. The molecule has 2 fully saturated rings. The maximum absolute atomic E-state index is 12.7. The van der Waals surface area contributed by atoms with Crippen LogP contribution in [0.25, 0.3) is 0 Å². The van der Waals surface area contributed by atoms with Gasteiger partial charge in [-0.05, 0) is 50.9 Å². The van der Waals surface area contributed by atoms with Crippen LogP contribution < -0.4 is 0 Å². The average molecular weight is 294 g/mol. The molecule has 2 heterocycles. The van der Waals surface area contributed by atoms with E-state index < -0.39 is 10.0 Å². The van der Waals surface area contributed by atoms with Crippen LogP contribution in [0.15, 0.2) is 35.2 Å². The number of hydrogen-bond acceptors (Lipinski definition) is 3. The van der Waals surface area contributed by atoms with Gasteiger partial charge >= 0.3 is 0 Å². The highest BCUT2D eigenvalue weighted by Crippen LogP contribution is 2.24. The lowest BCUT2D eigenvalue weighted by molar-refractivity contribution is 0.162. The standard InChI is InChI=1S/C15H22N2O2S/c18-20(19,15-8-2-1-3-9-15)17-12-6-7-14(13-17)16-10-4-5-11-16/h1-3,8-9,14H,4-7,10-13H2. The number of nitrogens with zero attached hydrogens (tertiary/aromatic N) is 2. The van der Waals surface area contributed by atoms with E-state index in [0.29, 0.717) is 24.0 Å². The first kappa shape index (κ1) is 14.0. The van der Waals surface area contributed by atoms with E-state index in [9.17, 15) is 8.42 Å². The average Bonchev–Trinajstić information content (AvgIpc) is 3.03. The van der Waals surface area contributed by atoms with Gasteiger partial charge in [-0.1, -0.05) is 18.2 Å². The molecule has 2 saturated heterocycles. The maximum atomic E-state index is 12.7. The molecule has 1 unspecified atom stereocenters. The fourth-order valence-electron chi connectivity index (χ4n) is 3.29. The van der Waals surface area contributed by atoms with Crippen LogP contribution in [-0.4, -0.2) is 49.8 Å². The highest BCUT2D eigenvalue weighted by atomic mass is 32.2. The molecule has 0 amide bonds. The Labute approximate surface area is 121 Å². The van der Waals surface area contributed by atoms with E-state index in [-0.39, 0.29) is 0 Å². The minimum Gasteiger partial charge on any atom is -0.299 e. The third-order valence-corrected chi connectivity index (χ3v) is 6.28. The van der Waals surface area contributed by atoms with Crippen molar-refractivity contribution in [3.05, 3.63) is 30.3 Å². The smallest absolute Gasteiger partial charge is 0.243 e. The third kappa shape index (κ3) is 2.75. The second-order valence-electron chi connectivity index (χ2n) is 5.72. The van der Waals surface area contributed by atoms with Gasteiger partial charge < -0.3 is 0 Å². The Morgan fingerprint density at radius 2 is 1.65 bits per heavy atom. The SMILES string of the molecule is O=S(=O)(c1ccccc1)N1CCCC(N2CCCC2)C1. The minimum absolute atomic E-state index is 0.407. The van der Waals surface area contributed by atoms with Crippen molar-refractivity contribution in [1.29, 1.82) is 0 Å². The second-order valence-corrected chi connectivity index (χ2v) is 7.65. The Balaban J connectivity index is 1.76. The predicted octanol–water partition coefficient (Wildman–Crippen LogP) is 1.94. The van der Waals surface area contributed by atoms with Crippen molar-refractivity contribution >= 4 is 10.0 Å². The zero-order chi connectivity index (χ0) is 14.0. The Morgan fingerprint density at radius 1 is 0.950 bits per heavy atom. The van der Waals surface area contributed by atoms with Crippen LogP contribution in [0, 0.1) is 0 Å². The molecular weight excluding hydrogens is 272 g/mol. The van der Waals surface area contributed by atoms with Crippen LogP contribution in [0.3, 0.4) is 0 Å². The highest BCUT2D eigenvalue weighted by molar-refractivity contribution is 7.89. The number of likely N-dealkylation sites (tertiary alicyclic amines) is 1. The number of sulfonamides is 1. The Kier molecular flexibility index (Phi) is 4.10. The van der Waals surface area contributed by atoms with Gasteiger partial charge in [0.2, 0.25) is 10.0 Å². The van der Waals surface area contributed by atoms with Crippen LogP contribution >= 0.6 is 0 Å². The molecule has 0 aromatic heterocycles. The van der Waals surface area contributed by atoms with E-state index >= 15 is 0 Å². The number of piperidine rings is 1. The third-order valence-electron chi connectivity index (χ3n) is 4.40. The summed E-state index contributed by atoms with van der Waals surface area (Å²) in [5.41, 5.74) is 0. The summed E-state index contributed by atoms with van der Waals surface area (Å²) in [6.07, 6.45) is 4.60.